The van der Waals surface area contributed by atoms with Crippen LogP contribution in [0.25, 0.3) is 0 Å². The van der Waals surface area contributed by atoms with E-state index in [9.17, 15) is 0 Å². The molecular weight excluding hydrogens is 158 g/mol. The van der Waals surface area contributed by atoms with E-state index >= 15 is 0 Å². The lowest BCUT2D eigenvalue weighted by molar-refractivity contribution is 0.646. The van der Waals surface area contributed by atoms with Crippen molar-refractivity contribution in [3.05, 3.63) is 34.9 Å². The first-order valence-electron chi connectivity index (χ1n) is 4.95. The summed E-state index contributed by atoms with van der Waals surface area (Å²) in [4.78, 5) is 0. The summed E-state index contributed by atoms with van der Waals surface area (Å²) in [5.41, 5.74) is 9.97. The highest BCUT2D eigenvalue weighted by atomic mass is 14.6. The standard InChI is InChI=1S/C12H19N/c1-4-12(13)8-11-6-5-9(2)10(3)7-11/h5-7,12H,4,8,13H2,1-3H3/t12-/m1/s1. The van der Waals surface area contributed by atoms with Gasteiger partial charge >= 0.3 is 0 Å². The summed E-state index contributed by atoms with van der Waals surface area (Å²) in [7, 11) is 0. The molecule has 0 saturated carbocycles. The van der Waals surface area contributed by atoms with Gasteiger partial charge in [0.05, 0.1) is 0 Å². The fraction of sp³-hybridized carbons (Fsp3) is 0.500. The maximum absolute atomic E-state index is 5.89. The first kappa shape index (κ1) is 10.3. The molecule has 1 aromatic rings. The van der Waals surface area contributed by atoms with Gasteiger partial charge in [-0.1, -0.05) is 25.1 Å². The van der Waals surface area contributed by atoms with Crippen molar-refractivity contribution < 1.29 is 0 Å². The number of nitrogens with two attached hydrogens (primary N) is 1. The van der Waals surface area contributed by atoms with Crippen molar-refractivity contribution in [2.45, 2.75) is 39.7 Å². The van der Waals surface area contributed by atoms with Crippen LogP contribution in [0, 0.1) is 13.8 Å². The normalized spacial score (nSPS) is 12.9. The van der Waals surface area contributed by atoms with E-state index in [4.69, 9.17) is 5.73 Å². The topological polar surface area (TPSA) is 26.0 Å². The van der Waals surface area contributed by atoms with Gasteiger partial charge < -0.3 is 5.73 Å². The second kappa shape index (κ2) is 4.43. The van der Waals surface area contributed by atoms with Crippen molar-refractivity contribution in [2.24, 2.45) is 5.73 Å². The first-order chi connectivity index (χ1) is 6.13. The monoisotopic (exact) mass is 177 g/mol. The average molecular weight is 177 g/mol. The Bertz CT molecular complexity index is 278. The first-order valence-corrected chi connectivity index (χ1v) is 4.95. The molecule has 13 heavy (non-hydrogen) atoms. The third kappa shape index (κ3) is 2.85. The lowest BCUT2D eigenvalue weighted by Crippen LogP contribution is -2.21. The summed E-state index contributed by atoms with van der Waals surface area (Å²) in [5.74, 6) is 0. The van der Waals surface area contributed by atoms with Gasteiger partial charge in [0.15, 0.2) is 0 Å². The molecule has 0 spiro atoms. The fourth-order valence-electron chi connectivity index (χ4n) is 1.38. The zero-order valence-corrected chi connectivity index (χ0v) is 8.80. The summed E-state index contributed by atoms with van der Waals surface area (Å²) in [6, 6.07) is 6.90. The minimum Gasteiger partial charge on any atom is -0.327 e. The van der Waals surface area contributed by atoms with Crippen LogP contribution in [-0.2, 0) is 6.42 Å². The summed E-state index contributed by atoms with van der Waals surface area (Å²) in [6.07, 6.45) is 2.05. The predicted molar refractivity (Wildman–Crippen MR) is 57.9 cm³/mol. The average Bonchev–Trinajstić information content (AvgIpc) is 2.11. The van der Waals surface area contributed by atoms with Gasteiger partial charge in [-0.3, -0.25) is 0 Å². The summed E-state index contributed by atoms with van der Waals surface area (Å²) >= 11 is 0. The summed E-state index contributed by atoms with van der Waals surface area (Å²) in [5, 5.41) is 0. The largest absolute Gasteiger partial charge is 0.327 e. The van der Waals surface area contributed by atoms with Gasteiger partial charge in [-0.25, -0.2) is 0 Å². The van der Waals surface area contributed by atoms with E-state index in [0.717, 1.165) is 12.8 Å². The molecule has 0 amide bonds. The number of rotatable bonds is 3. The number of benzene rings is 1. The minimum atomic E-state index is 0.308. The molecule has 0 aliphatic heterocycles. The Balaban J connectivity index is 2.73. The second-order valence-electron chi connectivity index (χ2n) is 3.79. The Kier molecular flexibility index (Phi) is 3.49. The third-order valence-corrected chi connectivity index (χ3v) is 2.59. The van der Waals surface area contributed by atoms with Crippen LogP contribution in [0.1, 0.15) is 30.0 Å². The van der Waals surface area contributed by atoms with Gasteiger partial charge in [0.25, 0.3) is 0 Å². The molecule has 0 fully saturated rings. The molecule has 0 saturated heterocycles. The third-order valence-electron chi connectivity index (χ3n) is 2.59. The fourth-order valence-corrected chi connectivity index (χ4v) is 1.38. The van der Waals surface area contributed by atoms with Crippen LogP contribution >= 0.6 is 0 Å². The van der Waals surface area contributed by atoms with E-state index < -0.39 is 0 Å². The van der Waals surface area contributed by atoms with Crippen LogP contribution in [0.2, 0.25) is 0 Å². The van der Waals surface area contributed by atoms with E-state index in [1.807, 2.05) is 0 Å². The van der Waals surface area contributed by atoms with E-state index in [1.54, 1.807) is 0 Å². The molecule has 1 aromatic carbocycles. The minimum absolute atomic E-state index is 0.308. The van der Waals surface area contributed by atoms with Crippen LogP contribution in [0.4, 0.5) is 0 Å². The molecule has 1 atom stereocenters. The van der Waals surface area contributed by atoms with Crippen LogP contribution < -0.4 is 5.73 Å². The molecule has 0 bridgehead atoms. The molecule has 0 aliphatic carbocycles. The van der Waals surface area contributed by atoms with Crippen LogP contribution in [-0.4, -0.2) is 6.04 Å². The van der Waals surface area contributed by atoms with Crippen molar-refractivity contribution in [1.29, 1.82) is 0 Å². The van der Waals surface area contributed by atoms with Crippen molar-refractivity contribution in [3.63, 3.8) is 0 Å². The highest BCUT2D eigenvalue weighted by molar-refractivity contribution is 5.30. The highest BCUT2D eigenvalue weighted by Gasteiger charge is 2.01. The SMILES string of the molecule is CC[C@@H](N)Cc1ccc(C)c(C)c1. The zero-order chi connectivity index (χ0) is 9.84. The van der Waals surface area contributed by atoms with E-state index in [0.29, 0.717) is 6.04 Å². The Morgan fingerprint density at radius 2 is 1.92 bits per heavy atom. The molecule has 1 rings (SSSR count). The molecule has 1 nitrogen and oxygen atoms in total. The van der Waals surface area contributed by atoms with Gasteiger partial charge in [-0.15, -0.1) is 0 Å². The quantitative estimate of drug-likeness (QED) is 0.754. The van der Waals surface area contributed by atoms with Gasteiger partial charge in [0.1, 0.15) is 0 Å². The van der Waals surface area contributed by atoms with Crippen LogP contribution in [0.3, 0.4) is 0 Å². The lowest BCUT2D eigenvalue weighted by Gasteiger charge is -2.10. The Labute approximate surface area is 81.0 Å². The maximum atomic E-state index is 5.89. The van der Waals surface area contributed by atoms with Crippen molar-refractivity contribution >= 4 is 0 Å². The smallest absolute Gasteiger partial charge is 0.00766 e. The molecule has 0 unspecified atom stereocenters. The van der Waals surface area contributed by atoms with Crippen LogP contribution in [0.5, 0.6) is 0 Å². The van der Waals surface area contributed by atoms with Gasteiger partial charge in [-0.05, 0) is 43.4 Å². The number of aryl methyl sites for hydroxylation is 2. The van der Waals surface area contributed by atoms with Crippen molar-refractivity contribution in [2.75, 3.05) is 0 Å². The maximum Gasteiger partial charge on any atom is 0.00766 e. The molecule has 72 valence electrons. The van der Waals surface area contributed by atoms with Gasteiger partial charge in [0, 0.05) is 6.04 Å². The molecule has 0 aliphatic rings. The number of hydrogen-bond acceptors (Lipinski definition) is 1. The predicted octanol–water partition coefficient (Wildman–Crippen LogP) is 2.58. The Morgan fingerprint density at radius 3 is 2.46 bits per heavy atom. The van der Waals surface area contributed by atoms with E-state index in [1.165, 1.54) is 16.7 Å². The molecular formula is C12H19N. The molecule has 0 heterocycles. The van der Waals surface area contributed by atoms with Crippen molar-refractivity contribution in [3.8, 4) is 0 Å². The van der Waals surface area contributed by atoms with Gasteiger partial charge in [-0.2, -0.15) is 0 Å². The summed E-state index contributed by atoms with van der Waals surface area (Å²) < 4.78 is 0. The number of hydrogen-bond donors (Lipinski definition) is 1. The molecule has 0 radical (unpaired) electrons. The Hall–Kier alpha value is -0.820. The van der Waals surface area contributed by atoms with Gasteiger partial charge in [0.2, 0.25) is 0 Å². The summed E-state index contributed by atoms with van der Waals surface area (Å²) in [6.45, 7) is 6.42. The molecule has 1 heteroatoms. The zero-order valence-electron chi connectivity index (χ0n) is 8.80. The molecule has 0 aromatic heterocycles. The van der Waals surface area contributed by atoms with Crippen molar-refractivity contribution in [1.82, 2.24) is 0 Å². The molecule has 2 N–H and O–H groups in total. The highest BCUT2D eigenvalue weighted by Crippen LogP contribution is 2.11. The van der Waals surface area contributed by atoms with Crippen LogP contribution in [0.15, 0.2) is 18.2 Å². The van der Waals surface area contributed by atoms with E-state index in [2.05, 4.69) is 39.0 Å². The second-order valence-corrected chi connectivity index (χ2v) is 3.79. The Morgan fingerprint density at radius 1 is 1.23 bits per heavy atom. The lowest BCUT2D eigenvalue weighted by atomic mass is 10.0. The van der Waals surface area contributed by atoms with E-state index in [-0.39, 0.29) is 0 Å².